The highest BCUT2D eigenvalue weighted by molar-refractivity contribution is 5.87. The lowest BCUT2D eigenvalue weighted by molar-refractivity contribution is -0.221. The number of pyridine rings is 1. The van der Waals surface area contributed by atoms with Crippen LogP contribution in [-0.4, -0.2) is 155 Å². The molecule has 6 N–H and O–H groups in total. The molecule has 0 bridgehead atoms. The number of aliphatic hydroxyl groups is 1. The zero-order valence-corrected chi connectivity index (χ0v) is 42.5. The summed E-state index contributed by atoms with van der Waals surface area (Å²) in [5.41, 5.74) is -4.71. The number of carboxylic acid groups (broad SMARTS) is 1. The third-order valence-electron chi connectivity index (χ3n) is 13.5. The lowest BCUT2D eigenvalue weighted by atomic mass is 9.82. The Morgan fingerprint density at radius 1 is 0.846 bits per heavy atom. The molecule has 5 atom stereocenters. The van der Waals surface area contributed by atoms with Crippen LogP contribution in [0.5, 0.6) is 0 Å². The first kappa shape index (κ1) is 60.0. The van der Waals surface area contributed by atoms with Gasteiger partial charge in [0.1, 0.15) is 29.5 Å². The van der Waals surface area contributed by atoms with E-state index in [1.807, 2.05) is 16.8 Å². The van der Waals surface area contributed by atoms with Crippen molar-refractivity contribution < 1.29 is 82.8 Å². The van der Waals surface area contributed by atoms with E-state index in [0.29, 0.717) is 69.2 Å². The van der Waals surface area contributed by atoms with Gasteiger partial charge >= 0.3 is 31.1 Å². The van der Waals surface area contributed by atoms with Crippen LogP contribution in [-0.2, 0) is 32.0 Å². The smallest absolute Gasteiger partial charge is 0.407 e. The van der Waals surface area contributed by atoms with Crippen molar-refractivity contribution in [1.82, 2.24) is 46.0 Å². The number of methoxy groups -OCH3 is 1. The van der Waals surface area contributed by atoms with Gasteiger partial charge in [0, 0.05) is 73.9 Å². The molecule has 6 rings (SSSR count). The number of rotatable bonds is 18. The van der Waals surface area contributed by atoms with Gasteiger partial charge in [-0.2, -0.15) is 40.2 Å². The van der Waals surface area contributed by atoms with E-state index in [1.54, 1.807) is 12.3 Å². The van der Waals surface area contributed by atoms with Gasteiger partial charge < -0.3 is 40.5 Å². The number of alkyl carbamates (subject to hydrolysis) is 1. The van der Waals surface area contributed by atoms with E-state index in [2.05, 4.69) is 41.8 Å². The highest BCUT2D eigenvalue weighted by Gasteiger charge is 2.57. The van der Waals surface area contributed by atoms with Gasteiger partial charge in [-0.05, 0) is 82.1 Å². The number of benzene rings is 2. The van der Waals surface area contributed by atoms with Crippen molar-refractivity contribution in [3.05, 3.63) is 101 Å². The lowest BCUT2D eigenvalue weighted by Gasteiger charge is -2.44. The number of carbonyl (C=O) groups excluding carboxylic acids is 3. The van der Waals surface area contributed by atoms with Crippen LogP contribution in [0.1, 0.15) is 56.5 Å². The van der Waals surface area contributed by atoms with Gasteiger partial charge in [0.05, 0.1) is 55.0 Å². The molecule has 2 aliphatic rings. The summed E-state index contributed by atoms with van der Waals surface area (Å²) in [4.78, 5) is 61.1. The zero-order valence-electron chi connectivity index (χ0n) is 42.5. The first-order valence-corrected chi connectivity index (χ1v) is 24.0. The molecule has 2 aromatic heterocycles. The number of ether oxygens (including phenoxy) is 2. The molecule has 0 unspecified atom stereocenters. The number of hydrogen-bond donors (Lipinski definition) is 6. The van der Waals surface area contributed by atoms with E-state index in [0.717, 1.165) is 51.4 Å². The number of carbonyl (C=O) groups is 4. The Balaban J connectivity index is 1.32. The SMILES string of the molecule is COC(=O)N[C@H](C(=O)N[C@@H](Cc1ccc(C#Cc2ccc(N3CCN4CCOC[C@H]4C3)nc2)cc1)[C@@H](O)CN(Cc1c(F)cc(-c2ccn(C(F)F)n2)cc1F)NC(=O)[C@@H](NC(=O)O)C(C)(C)C(F)(F)F)C(C)(C)C(F)(F)F. The third kappa shape index (κ3) is 14.7. The number of nitrogens with one attached hydrogen (secondary N) is 4. The van der Waals surface area contributed by atoms with Gasteiger partial charge in [0.25, 0.3) is 5.91 Å². The van der Waals surface area contributed by atoms with Gasteiger partial charge in [0.15, 0.2) is 0 Å². The number of piperazine rings is 1. The Morgan fingerprint density at radius 3 is 2.03 bits per heavy atom. The Morgan fingerprint density at radius 2 is 1.46 bits per heavy atom. The van der Waals surface area contributed by atoms with Crippen LogP contribution < -0.4 is 26.3 Å². The Kier molecular flexibility index (Phi) is 18.9. The lowest BCUT2D eigenvalue weighted by Crippen LogP contribution is -2.63. The average Bonchev–Trinajstić information content (AvgIpc) is 3.88. The van der Waals surface area contributed by atoms with E-state index in [1.165, 1.54) is 29.6 Å². The van der Waals surface area contributed by atoms with Crippen molar-refractivity contribution in [2.45, 2.75) is 89.8 Å². The maximum Gasteiger partial charge on any atom is 0.407 e. The number of alkyl halides is 8. The summed E-state index contributed by atoms with van der Waals surface area (Å²) in [6.07, 6.45) is -14.3. The van der Waals surface area contributed by atoms with Crippen LogP contribution in [0.25, 0.3) is 11.3 Å². The first-order valence-electron chi connectivity index (χ1n) is 24.0. The predicted molar refractivity (Wildman–Crippen MR) is 258 cm³/mol. The van der Waals surface area contributed by atoms with Gasteiger partial charge in [-0.15, -0.1) is 0 Å². The fraction of sp³-hybridized carbons (Fsp3) is 0.480. The second kappa shape index (κ2) is 24.6. The summed E-state index contributed by atoms with van der Waals surface area (Å²) in [6, 6.07) is 5.18. The van der Waals surface area contributed by atoms with Crippen molar-refractivity contribution in [3.8, 4) is 23.1 Å². The fourth-order valence-corrected chi connectivity index (χ4v) is 8.47. The first-order chi connectivity index (χ1) is 36.5. The summed E-state index contributed by atoms with van der Waals surface area (Å²) in [6.45, 7) is 1.20. The Bertz CT molecular complexity index is 2800. The van der Waals surface area contributed by atoms with Gasteiger partial charge in [0.2, 0.25) is 5.91 Å². The van der Waals surface area contributed by atoms with Crippen LogP contribution in [0.2, 0.25) is 0 Å². The van der Waals surface area contributed by atoms with Crippen molar-refractivity contribution >= 4 is 29.8 Å². The van der Waals surface area contributed by atoms with Crippen LogP contribution in [0, 0.1) is 34.3 Å². The normalized spacial score (nSPS) is 17.0. The molecule has 4 heterocycles. The highest BCUT2D eigenvalue weighted by Crippen LogP contribution is 2.42. The molecule has 424 valence electrons. The van der Waals surface area contributed by atoms with Crippen molar-refractivity contribution in [2.75, 3.05) is 57.9 Å². The molecule has 0 saturated carbocycles. The largest absolute Gasteiger partial charge is 0.465 e. The van der Waals surface area contributed by atoms with Crippen molar-refractivity contribution in [2.24, 2.45) is 10.8 Å². The predicted octanol–water partition coefficient (Wildman–Crippen LogP) is 6.00. The fourth-order valence-electron chi connectivity index (χ4n) is 8.47. The van der Waals surface area contributed by atoms with E-state index in [-0.39, 0.29) is 27.5 Å². The number of amides is 4. The summed E-state index contributed by atoms with van der Waals surface area (Å²) >= 11 is 0. The minimum atomic E-state index is -5.29. The molecule has 0 spiro atoms. The van der Waals surface area contributed by atoms with Crippen LogP contribution in [0.15, 0.2) is 67.0 Å². The zero-order chi connectivity index (χ0) is 57.5. The van der Waals surface area contributed by atoms with Gasteiger partial charge in [-0.1, -0.05) is 24.0 Å². The maximum absolute atomic E-state index is 16.0. The number of hydrazine groups is 1. The average molecular weight is 1120 g/mol. The van der Waals surface area contributed by atoms with Gasteiger partial charge in [-0.25, -0.2) is 33.0 Å². The minimum Gasteiger partial charge on any atom is -0.465 e. The standard InChI is InChI=1S/C50H56F10N10O8/c1-47(2,49(55,56)57)40(64-46(76)77-5)42(72)62-37(20-29-9-6-28(7-10-29)8-11-30-12-13-39(61-23-30)68-17-16-67-18-19-78-27-32(67)24-68)38(71)26-69(66-43(73)41(63-45(74)75)48(3,4)50(58,59)60)25-33-34(51)21-31(22-35(33)52)36-14-15-70(65-36)44(53)54/h6-7,9-10,12-15,21-23,32,37-38,40-41,44,63,71H,16-20,24-27H2,1-5H3,(H,62,72)(H,64,76)(H,66,73)(H,74,75)/t32-,37+,38+,40-,41-/m1/s1. The van der Waals surface area contributed by atoms with E-state index in [4.69, 9.17) is 4.74 Å². The molecule has 4 amide bonds. The topological polar surface area (TPSA) is 216 Å². The number of fused-ring (bicyclic) bond motifs is 1. The van der Waals surface area contributed by atoms with Gasteiger partial charge in [-0.3, -0.25) is 19.9 Å². The molecule has 2 aromatic carbocycles. The molecule has 18 nitrogen and oxygen atoms in total. The van der Waals surface area contributed by atoms with Crippen molar-refractivity contribution in [3.63, 3.8) is 0 Å². The highest BCUT2D eigenvalue weighted by atomic mass is 19.4. The molecule has 2 saturated heterocycles. The molecule has 28 heteroatoms. The maximum atomic E-state index is 16.0. The Labute approximate surface area is 440 Å². The third-order valence-corrected chi connectivity index (χ3v) is 13.5. The quantitative estimate of drug-likeness (QED) is 0.0384. The molecular formula is C50H56F10N10O8. The molecule has 2 aliphatic heterocycles. The molecule has 0 aliphatic carbocycles. The summed E-state index contributed by atoms with van der Waals surface area (Å²) < 4.78 is 155. The number of aromatic nitrogens is 3. The van der Waals surface area contributed by atoms with E-state index in [9.17, 15) is 64.5 Å². The van der Waals surface area contributed by atoms with Crippen LogP contribution in [0.3, 0.4) is 0 Å². The number of morpholine rings is 1. The monoisotopic (exact) mass is 1110 g/mol. The second-order valence-electron chi connectivity index (χ2n) is 19.6. The number of nitrogens with zero attached hydrogens (tertiary/aromatic N) is 6. The molecule has 78 heavy (non-hydrogen) atoms. The Hall–Kier alpha value is -7.22. The van der Waals surface area contributed by atoms with Crippen LogP contribution in [0.4, 0.5) is 59.3 Å². The van der Waals surface area contributed by atoms with E-state index < -0.39 is 115 Å². The van der Waals surface area contributed by atoms with Crippen molar-refractivity contribution in [1.29, 1.82) is 0 Å². The van der Waals surface area contributed by atoms with E-state index >= 15 is 8.78 Å². The van der Waals surface area contributed by atoms with Crippen LogP contribution >= 0.6 is 0 Å². The summed E-state index contributed by atoms with van der Waals surface area (Å²) in [7, 11) is 0.809. The number of anilines is 1. The number of hydrogen-bond acceptors (Lipinski definition) is 12. The minimum absolute atomic E-state index is 0.186. The molecular weight excluding hydrogens is 1060 g/mol. The molecule has 4 aromatic rings. The summed E-state index contributed by atoms with van der Waals surface area (Å²) in [5.74, 6) is 0.501. The second-order valence-corrected chi connectivity index (χ2v) is 19.6. The number of halogens is 10. The summed E-state index contributed by atoms with van der Waals surface area (Å²) in [5, 5.41) is 31.0. The molecule has 2 fully saturated rings. The number of aliphatic hydroxyl groups excluding tert-OH is 1. The molecule has 0 radical (unpaired) electrons.